The SMILES string of the molecule is C[C@@H](N[C@H](c1ccccc1)c1cccs1)C(=O)Nc1ccccc1F. The van der Waals surface area contributed by atoms with Gasteiger partial charge in [-0.25, -0.2) is 4.39 Å². The number of hydrogen-bond donors (Lipinski definition) is 2. The molecule has 2 atom stereocenters. The number of thiophene rings is 1. The van der Waals surface area contributed by atoms with Gasteiger partial charge in [0.15, 0.2) is 0 Å². The van der Waals surface area contributed by atoms with E-state index in [1.807, 2.05) is 47.8 Å². The fourth-order valence-corrected chi connectivity index (χ4v) is 3.38. The van der Waals surface area contributed by atoms with Crippen molar-refractivity contribution in [2.45, 2.75) is 19.0 Å². The van der Waals surface area contributed by atoms with Crippen LogP contribution in [-0.2, 0) is 4.79 Å². The second-order valence-corrected chi connectivity index (χ2v) is 6.70. The van der Waals surface area contributed by atoms with E-state index in [0.717, 1.165) is 10.4 Å². The molecule has 25 heavy (non-hydrogen) atoms. The highest BCUT2D eigenvalue weighted by molar-refractivity contribution is 7.10. The topological polar surface area (TPSA) is 41.1 Å². The summed E-state index contributed by atoms with van der Waals surface area (Å²) in [5.41, 5.74) is 1.27. The highest BCUT2D eigenvalue weighted by Crippen LogP contribution is 2.26. The molecule has 1 heterocycles. The zero-order chi connectivity index (χ0) is 17.6. The highest BCUT2D eigenvalue weighted by atomic mass is 32.1. The third-order valence-electron chi connectivity index (χ3n) is 3.90. The Morgan fingerprint density at radius 2 is 1.72 bits per heavy atom. The molecular formula is C20H19FN2OS. The highest BCUT2D eigenvalue weighted by Gasteiger charge is 2.22. The molecule has 128 valence electrons. The number of rotatable bonds is 6. The van der Waals surface area contributed by atoms with Gasteiger partial charge in [-0.2, -0.15) is 0 Å². The summed E-state index contributed by atoms with van der Waals surface area (Å²) in [4.78, 5) is 13.6. The van der Waals surface area contributed by atoms with Crippen molar-refractivity contribution < 1.29 is 9.18 Å². The van der Waals surface area contributed by atoms with Crippen molar-refractivity contribution in [1.29, 1.82) is 0 Å². The molecule has 3 nitrogen and oxygen atoms in total. The van der Waals surface area contributed by atoms with Crippen LogP contribution in [0.1, 0.15) is 23.4 Å². The fraction of sp³-hybridized carbons (Fsp3) is 0.150. The van der Waals surface area contributed by atoms with Gasteiger partial charge in [-0.3, -0.25) is 10.1 Å². The van der Waals surface area contributed by atoms with Gasteiger partial charge in [0.2, 0.25) is 5.91 Å². The lowest BCUT2D eigenvalue weighted by atomic mass is 10.0. The lowest BCUT2D eigenvalue weighted by Crippen LogP contribution is -2.40. The van der Waals surface area contributed by atoms with E-state index in [1.54, 1.807) is 36.5 Å². The van der Waals surface area contributed by atoms with E-state index in [2.05, 4.69) is 10.6 Å². The van der Waals surface area contributed by atoms with Gasteiger partial charge in [-0.1, -0.05) is 48.5 Å². The third kappa shape index (κ3) is 4.32. The molecule has 5 heteroatoms. The quantitative estimate of drug-likeness (QED) is 0.680. The van der Waals surface area contributed by atoms with Crippen LogP contribution in [-0.4, -0.2) is 11.9 Å². The van der Waals surface area contributed by atoms with Gasteiger partial charge in [-0.15, -0.1) is 11.3 Å². The van der Waals surface area contributed by atoms with Crippen LogP contribution < -0.4 is 10.6 Å². The average molecular weight is 354 g/mol. The minimum Gasteiger partial charge on any atom is -0.322 e. The summed E-state index contributed by atoms with van der Waals surface area (Å²) < 4.78 is 13.7. The Bertz CT molecular complexity index is 821. The summed E-state index contributed by atoms with van der Waals surface area (Å²) in [6.45, 7) is 1.78. The molecule has 0 unspecified atom stereocenters. The largest absolute Gasteiger partial charge is 0.322 e. The maximum absolute atomic E-state index is 13.7. The summed E-state index contributed by atoms with van der Waals surface area (Å²) in [7, 11) is 0. The van der Waals surface area contributed by atoms with E-state index < -0.39 is 11.9 Å². The van der Waals surface area contributed by atoms with E-state index in [4.69, 9.17) is 0 Å². The first-order chi connectivity index (χ1) is 12.1. The first kappa shape index (κ1) is 17.3. The van der Waals surface area contributed by atoms with Gasteiger partial charge in [-0.05, 0) is 36.1 Å². The van der Waals surface area contributed by atoms with Crippen molar-refractivity contribution in [2.75, 3.05) is 5.32 Å². The zero-order valence-corrected chi connectivity index (χ0v) is 14.6. The number of hydrogen-bond acceptors (Lipinski definition) is 3. The maximum atomic E-state index is 13.7. The summed E-state index contributed by atoms with van der Waals surface area (Å²) in [5, 5.41) is 8.00. The van der Waals surface area contributed by atoms with Crippen molar-refractivity contribution in [1.82, 2.24) is 5.32 Å². The molecule has 2 N–H and O–H groups in total. The Balaban J connectivity index is 1.75. The Morgan fingerprint density at radius 1 is 1.00 bits per heavy atom. The number of carbonyl (C=O) groups excluding carboxylic acids is 1. The molecule has 3 rings (SSSR count). The minimum absolute atomic E-state index is 0.0948. The summed E-state index contributed by atoms with van der Waals surface area (Å²) in [6, 6.07) is 19.6. The van der Waals surface area contributed by atoms with E-state index in [-0.39, 0.29) is 17.6 Å². The number of nitrogens with one attached hydrogen (secondary N) is 2. The van der Waals surface area contributed by atoms with Crippen LogP contribution in [0.5, 0.6) is 0 Å². The van der Waals surface area contributed by atoms with Crippen LogP contribution in [0.4, 0.5) is 10.1 Å². The van der Waals surface area contributed by atoms with E-state index >= 15 is 0 Å². The van der Waals surface area contributed by atoms with Gasteiger partial charge in [0, 0.05) is 4.88 Å². The van der Waals surface area contributed by atoms with Gasteiger partial charge >= 0.3 is 0 Å². The van der Waals surface area contributed by atoms with E-state index in [1.165, 1.54) is 6.07 Å². The van der Waals surface area contributed by atoms with E-state index in [9.17, 15) is 9.18 Å². The van der Waals surface area contributed by atoms with Crippen molar-refractivity contribution in [2.24, 2.45) is 0 Å². The van der Waals surface area contributed by atoms with Crippen molar-refractivity contribution >= 4 is 22.9 Å². The normalized spacial score (nSPS) is 13.2. The number of halogens is 1. The van der Waals surface area contributed by atoms with Crippen molar-refractivity contribution in [3.8, 4) is 0 Å². The second kappa shape index (κ2) is 8.05. The number of para-hydroxylation sites is 1. The number of benzene rings is 2. The molecule has 0 bridgehead atoms. The van der Waals surface area contributed by atoms with Crippen LogP contribution >= 0.6 is 11.3 Å². The third-order valence-corrected chi connectivity index (χ3v) is 4.84. The van der Waals surface area contributed by atoms with Crippen LogP contribution in [0.15, 0.2) is 72.1 Å². The maximum Gasteiger partial charge on any atom is 0.241 e. The summed E-state index contributed by atoms with van der Waals surface area (Å²) in [5.74, 6) is -0.719. The standard InChI is InChI=1S/C20H19FN2OS/c1-14(20(24)23-17-11-6-5-10-16(17)21)22-19(18-12-7-13-25-18)15-8-3-2-4-9-15/h2-14,19,22H,1H3,(H,23,24)/t14-,19-/m1/s1. The van der Waals surface area contributed by atoms with Gasteiger partial charge in [0.25, 0.3) is 0 Å². The van der Waals surface area contributed by atoms with E-state index in [0.29, 0.717) is 0 Å². The zero-order valence-electron chi connectivity index (χ0n) is 13.8. The molecule has 3 aromatic rings. The molecule has 0 saturated heterocycles. The van der Waals surface area contributed by atoms with Crippen molar-refractivity contribution in [3.63, 3.8) is 0 Å². The molecule has 1 aromatic heterocycles. The molecule has 0 aliphatic rings. The van der Waals surface area contributed by atoms with Crippen LogP contribution in [0, 0.1) is 5.82 Å². The Hall–Kier alpha value is -2.50. The van der Waals surface area contributed by atoms with Crippen LogP contribution in [0.3, 0.4) is 0 Å². The molecule has 0 spiro atoms. The van der Waals surface area contributed by atoms with Crippen LogP contribution in [0.2, 0.25) is 0 Å². The average Bonchev–Trinajstić information content (AvgIpc) is 3.16. The van der Waals surface area contributed by atoms with Gasteiger partial charge < -0.3 is 5.32 Å². The Labute approximate surface area is 150 Å². The number of anilines is 1. The van der Waals surface area contributed by atoms with Crippen molar-refractivity contribution in [3.05, 3.63) is 88.4 Å². The Morgan fingerprint density at radius 3 is 2.40 bits per heavy atom. The molecule has 0 radical (unpaired) electrons. The molecule has 0 saturated carbocycles. The fourth-order valence-electron chi connectivity index (χ4n) is 2.57. The Kier molecular flexibility index (Phi) is 5.58. The molecule has 0 aliphatic carbocycles. The predicted molar refractivity (Wildman–Crippen MR) is 100 cm³/mol. The second-order valence-electron chi connectivity index (χ2n) is 5.72. The molecule has 2 aromatic carbocycles. The first-order valence-corrected chi connectivity index (χ1v) is 8.93. The summed E-state index contributed by atoms with van der Waals surface area (Å²) in [6.07, 6.45) is 0. The van der Waals surface area contributed by atoms with Crippen LogP contribution in [0.25, 0.3) is 0 Å². The molecule has 0 aliphatic heterocycles. The molecular weight excluding hydrogens is 335 g/mol. The first-order valence-electron chi connectivity index (χ1n) is 8.05. The lowest BCUT2D eigenvalue weighted by molar-refractivity contribution is -0.117. The number of amides is 1. The number of carbonyl (C=O) groups is 1. The molecule has 0 fully saturated rings. The predicted octanol–water partition coefficient (Wildman–Crippen LogP) is 4.59. The summed E-state index contributed by atoms with van der Waals surface area (Å²) >= 11 is 1.63. The minimum atomic E-state index is -0.494. The smallest absolute Gasteiger partial charge is 0.241 e. The lowest BCUT2D eigenvalue weighted by Gasteiger charge is -2.22. The van der Waals surface area contributed by atoms with Gasteiger partial charge in [0.05, 0.1) is 17.8 Å². The molecule has 1 amide bonds. The van der Waals surface area contributed by atoms with Gasteiger partial charge in [0.1, 0.15) is 5.82 Å². The monoisotopic (exact) mass is 354 g/mol.